The lowest BCUT2D eigenvalue weighted by atomic mass is 9.87. The summed E-state index contributed by atoms with van der Waals surface area (Å²) in [7, 11) is 0. The summed E-state index contributed by atoms with van der Waals surface area (Å²) < 4.78 is 26.5. The average molecular weight is 359 g/mol. The Kier molecular flexibility index (Phi) is 5.99. The van der Waals surface area contributed by atoms with Crippen LogP contribution < -0.4 is 0 Å². The van der Waals surface area contributed by atoms with E-state index in [0.29, 0.717) is 6.42 Å². The molecule has 1 atom stereocenters. The summed E-state index contributed by atoms with van der Waals surface area (Å²) in [5, 5.41) is 9.29. The Balaban J connectivity index is 1.70. The summed E-state index contributed by atoms with van der Waals surface area (Å²) in [6.07, 6.45) is 3.23. The van der Waals surface area contributed by atoms with Crippen molar-refractivity contribution in [3.05, 3.63) is 71.3 Å². The number of likely N-dealkylation sites (tertiary alicyclic amines) is 1. The third-order valence-corrected chi connectivity index (χ3v) is 5.13. The van der Waals surface area contributed by atoms with Gasteiger partial charge in [-0.25, -0.2) is 8.78 Å². The van der Waals surface area contributed by atoms with E-state index < -0.39 is 5.97 Å². The Bertz CT molecular complexity index is 685. The molecule has 1 N–H and O–H groups in total. The molecular formula is C21H23F2NO2. The number of carboxylic acid groups (broad SMARTS) is 1. The predicted molar refractivity (Wildman–Crippen MR) is 96.1 cm³/mol. The molecule has 2 aromatic carbocycles. The SMILES string of the molecule is O=C(O)[C@H]1CCCN1CCCC(c1ccc(F)cc1)c1ccc(F)cc1. The summed E-state index contributed by atoms with van der Waals surface area (Å²) in [6.45, 7) is 1.53. The van der Waals surface area contributed by atoms with Crippen LogP contribution in [0.3, 0.4) is 0 Å². The number of carboxylic acids is 1. The lowest BCUT2D eigenvalue weighted by molar-refractivity contribution is -0.142. The van der Waals surface area contributed by atoms with Gasteiger partial charge in [-0.3, -0.25) is 9.69 Å². The van der Waals surface area contributed by atoms with Gasteiger partial charge < -0.3 is 5.11 Å². The molecule has 0 saturated carbocycles. The Hall–Kier alpha value is -2.27. The predicted octanol–water partition coefficient (Wildman–Crippen LogP) is 4.43. The van der Waals surface area contributed by atoms with E-state index in [1.807, 2.05) is 4.90 Å². The number of carbonyl (C=O) groups is 1. The summed E-state index contributed by atoms with van der Waals surface area (Å²) in [6, 6.07) is 12.4. The van der Waals surface area contributed by atoms with Crippen molar-refractivity contribution in [3.63, 3.8) is 0 Å². The molecule has 1 fully saturated rings. The topological polar surface area (TPSA) is 40.5 Å². The molecule has 3 nitrogen and oxygen atoms in total. The van der Waals surface area contributed by atoms with Crippen molar-refractivity contribution in [1.29, 1.82) is 0 Å². The molecule has 1 heterocycles. The van der Waals surface area contributed by atoms with Crippen LogP contribution in [0.1, 0.15) is 42.7 Å². The number of hydrogen-bond acceptors (Lipinski definition) is 2. The van der Waals surface area contributed by atoms with Crippen LogP contribution in [0.25, 0.3) is 0 Å². The molecule has 3 rings (SSSR count). The average Bonchev–Trinajstić information content (AvgIpc) is 3.10. The molecule has 0 aromatic heterocycles. The van der Waals surface area contributed by atoms with E-state index in [-0.39, 0.29) is 23.6 Å². The van der Waals surface area contributed by atoms with Gasteiger partial charge in [0.1, 0.15) is 17.7 Å². The monoisotopic (exact) mass is 359 g/mol. The van der Waals surface area contributed by atoms with E-state index >= 15 is 0 Å². The van der Waals surface area contributed by atoms with Gasteiger partial charge in [0, 0.05) is 5.92 Å². The summed E-state index contributed by atoms with van der Waals surface area (Å²) >= 11 is 0. The first kappa shape index (κ1) is 18.5. The van der Waals surface area contributed by atoms with Crippen LogP contribution in [-0.4, -0.2) is 35.1 Å². The van der Waals surface area contributed by atoms with Gasteiger partial charge in [0.15, 0.2) is 0 Å². The van der Waals surface area contributed by atoms with Gasteiger partial charge in [0.05, 0.1) is 0 Å². The third kappa shape index (κ3) is 4.47. The van der Waals surface area contributed by atoms with Crippen molar-refractivity contribution in [2.45, 2.75) is 37.6 Å². The minimum atomic E-state index is -0.754. The second-order valence-electron chi connectivity index (χ2n) is 6.83. The third-order valence-electron chi connectivity index (χ3n) is 5.13. The van der Waals surface area contributed by atoms with Gasteiger partial charge in [-0.2, -0.15) is 0 Å². The van der Waals surface area contributed by atoms with Gasteiger partial charge >= 0.3 is 5.97 Å². The standard InChI is InChI=1S/C21H23F2NO2/c22-17-9-5-15(6-10-17)19(16-7-11-18(23)12-8-16)3-1-13-24-14-2-4-20(24)21(25)26/h5-12,19-20H,1-4,13-14H2,(H,25,26)/t20-/m1/s1. The number of halogens is 2. The van der Waals surface area contributed by atoms with Crippen molar-refractivity contribution in [2.75, 3.05) is 13.1 Å². The molecule has 1 saturated heterocycles. The minimum Gasteiger partial charge on any atom is -0.480 e. The largest absolute Gasteiger partial charge is 0.480 e. The maximum atomic E-state index is 13.3. The summed E-state index contributed by atoms with van der Waals surface area (Å²) in [5.74, 6) is -1.29. The maximum Gasteiger partial charge on any atom is 0.320 e. The molecule has 2 aromatic rings. The number of benzene rings is 2. The molecule has 0 unspecified atom stereocenters. The molecule has 0 spiro atoms. The van der Waals surface area contributed by atoms with Crippen LogP contribution >= 0.6 is 0 Å². The molecule has 26 heavy (non-hydrogen) atoms. The van der Waals surface area contributed by atoms with Crippen LogP contribution in [0.4, 0.5) is 8.78 Å². The van der Waals surface area contributed by atoms with Crippen LogP contribution in [0.15, 0.2) is 48.5 Å². The Labute approximate surface area is 152 Å². The Morgan fingerprint density at radius 3 is 2.08 bits per heavy atom. The molecule has 0 radical (unpaired) electrons. The minimum absolute atomic E-state index is 0.0297. The zero-order valence-corrected chi connectivity index (χ0v) is 14.6. The van der Waals surface area contributed by atoms with Crippen molar-refractivity contribution >= 4 is 5.97 Å². The van der Waals surface area contributed by atoms with E-state index in [1.54, 1.807) is 24.3 Å². The van der Waals surface area contributed by atoms with Gasteiger partial charge in [0.2, 0.25) is 0 Å². The van der Waals surface area contributed by atoms with Crippen LogP contribution in [-0.2, 0) is 4.79 Å². The fraction of sp³-hybridized carbons (Fsp3) is 0.381. The molecule has 5 heteroatoms. The van der Waals surface area contributed by atoms with Crippen molar-refractivity contribution < 1.29 is 18.7 Å². The second-order valence-corrected chi connectivity index (χ2v) is 6.83. The molecular weight excluding hydrogens is 336 g/mol. The lowest BCUT2D eigenvalue weighted by Gasteiger charge is -2.23. The lowest BCUT2D eigenvalue weighted by Crippen LogP contribution is -2.36. The van der Waals surface area contributed by atoms with Gasteiger partial charge in [-0.15, -0.1) is 0 Å². The van der Waals surface area contributed by atoms with E-state index in [0.717, 1.165) is 43.5 Å². The summed E-state index contributed by atoms with van der Waals surface area (Å²) in [4.78, 5) is 13.3. The zero-order chi connectivity index (χ0) is 18.5. The fourth-order valence-corrected chi connectivity index (χ4v) is 3.79. The zero-order valence-electron chi connectivity index (χ0n) is 14.6. The van der Waals surface area contributed by atoms with Gasteiger partial charge in [-0.1, -0.05) is 24.3 Å². The normalized spacial score (nSPS) is 17.7. The van der Waals surface area contributed by atoms with Crippen molar-refractivity contribution in [3.8, 4) is 0 Å². The highest BCUT2D eigenvalue weighted by molar-refractivity contribution is 5.73. The first-order valence-electron chi connectivity index (χ1n) is 9.02. The van der Waals surface area contributed by atoms with Crippen LogP contribution in [0.5, 0.6) is 0 Å². The van der Waals surface area contributed by atoms with Crippen molar-refractivity contribution in [2.24, 2.45) is 0 Å². The van der Waals surface area contributed by atoms with Gasteiger partial charge in [0.25, 0.3) is 0 Å². The van der Waals surface area contributed by atoms with E-state index in [4.69, 9.17) is 0 Å². The number of aliphatic carboxylic acids is 1. The van der Waals surface area contributed by atoms with E-state index in [1.165, 1.54) is 24.3 Å². The molecule has 0 bridgehead atoms. The molecule has 1 aliphatic heterocycles. The van der Waals surface area contributed by atoms with Crippen molar-refractivity contribution in [1.82, 2.24) is 4.90 Å². The molecule has 0 aliphatic carbocycles. The molecule has 0 amide bonds. The van der Waals surface area contributed by atoms with Crippen LogP contribution in [0, 0.1) is 11.6 Å². The number of hydrogen-bond donors (Lipinski definition) is 1. The molecule has 138 valence electrons. The first-order valence-corrected chi connectivity index (χ1v) is 9.02. The maximum absolute atomic E-state index is 13.3. The Morgan fingerprint density at radius 2 is 1.58 bits per heavy atom. The highest BCUT2D eigenvalue weighted by Gasteiger charge is 2.30. The van der Waals surface area contributed by atoms with E-state index in [2.05, 4.69) is 0 Å². The highest BCUT2D eigenvalue weighted by Crippen LogP contribution is 2.30. The number of rotatable bonds is 7. The quantitative estimate of drug-likeness (QED) is 0.795. The molecule has 1 aliphatic rings. The summed E-state index contributed by atoms with van der Waals surface area (Å²) in [5.41, 5.74) is 1.96. The second kappa shape index (κ2) is 8.41. The number of nitrogens with zero attached hydrogens (tertiary/aromatic N) is 1. The Morgan fingerprint density at radius 1 is 1.04 bits per heavy atom. The van der Waals surface area contributed by atoms with E-state index in [9.17, 15) is 18.7 Å². The smallest absolute Gasteiger partial charge is 0.320 e. The fourth-order valence-electron chi connectivity index (χ4n) is 3.79. The van der Waals surface area contributed by atoms with Crippen LogP contribution in [0.2, 0.25) is 0 Å². The van der Waals surface area contributed by atoms with Gasteiger partial charge in [-0.05, 0) is 74.2 Å². The first-order chi connectivity index (χ1) is 12.5. The highest BCUT2D eigenvalue weighted by atomic mass is 19.1.